The first-order valence-corrected chi connectivity index (χ1v) is 7.38. The molecule has 0 aliphatic heterocycles. The van der Waals surface area contributed by atoms with Crippen LogP contribution in [0.3, 0.4) is 0 Å². The topological polar surface area (TPSA) is 107 Å². The molecule has 1 aromatic heterocycles. The Morgan fingerprint density at radius 3 is 2.08 bits per heavy atom. The van der Waals surface area contributed by atoms with Crippen LogP contribution in [-0.4, -0.2) is 21.8 Å². The van der Waals surface area contributed by atoms with Crippen molar-refractivity contribution in [1.82, 2.24) is 9.97 Å². The molecule has 7 heteroatoms. The van der Waals surface area contributed by atoms with Crippen LogP contribution >= 0.6 is 0 Å². The molecule has 0 spiro atoms. The quantitative estimate of drug-likeness (QED) is 0.746. The second kappa shape index (κ2) is 7.22. The maximum atomic E-state index is 12.2. The molecule has 2 amide bonds. The van der Waals surface area contributed by atoms with Gasteiger partial charge in [-0.15, -0.1) is 0 Å². The molecule has 0 aliphatic carbocycles. The van der Waals surface area contributed by atoms with Gasteiger partial charge in [0.1, 0.15) is 5.75 Å². The SMILES string of the molecule is NC(=O)c1ccc(NC(=O)c2ccc(Oc3ncccn3)cc2)cc1. The van der Waals surface area contributed by atoms with Gasteiger partial charge in [0.15, 0.2) is 0 Å². The Hall–Kier alpha value is -3.74. The van der Waals surface area contributed by atoms with Gasteiger partial charge in [0.2, 0.25) is 5.91 Å². The van der Waals surface area contributed by atoms with E-state index in [0.717, 1.165) is 0 Å². The van der Waals surface area contributed by atoms with E-state index < -0.39 is 5.91 Å². The van der Waals surface area contributed by atoms with Crippen molar-refractivity contribution in [2.45, 2.75) is 0 Å². The van der Waals surface area contributed by atoms with E-state index in [9.17, 15) is 9.59 Å². The number of amides is 2. The Bertz CT molecular complexity index is 878. The highest BCUT2D eigenvalue weighted by Crippen LogP contribution is 2.18. The van der Waals surface area contributed by atoms with Crippen molar-refractivity contribution in [2.75, 3.05) is 5.32 Å². The lowest BCUT2D eigenvalue weighted by molar-refractivity contribution is 0.0998. The molecule has 3 N–H and O–H groups in total. The van der Waals surface area contributed by atoms with E-state index >= 15 is 0 Å². The van der Waals surface area contributed by atoms with Crippen LogP contribution in [0.15, 0.2) is 67.0 Å². The summed E-state index contributed by atoms with van der Waals surface area (Å²) in [6, 6.07) is 14.8. The third-order valence-corrected chi connectivity index (χ3v) is 3.30. The fourth-order valence-corrected chi connectivity index (χ4v) is 2.04. The number of primary amides is 1. The summed E-state index contributed by atoms with van der Waals surface area (Å²) < 4.78 is 5.47. The molecule has 0 saturated carbocycles. The normalized spacial score (nSPS) is 10.1. The zero-order valence-corrected chi connectivity index (χ0v) is 13.0. The smallest absolute Gasteiger partial charge is 0.321 e. The standard InChI is InChI=1S/C18H14N4O3/c19-16(23)12-2-6-14(7-3-12)22-17(24)13-4-8-15(9-5-13)25-18-20-10-1-11-21-18/h1-11H,(H2,19,23)(H,22,24). The largest absolute Gasteiger partial charge is 0.424 e. The Kier molecular flexibility index (Phi) is 4.66. The summed E-state index contributed by atoms with van der Waals surface area (Å²) in [7, 11) is 0. The summed E-state index contributed by atoms with van der Waals surface area (Å²) in [5, 5.41) is 2.74. The number of aromatic nitrogens is 2. The Labute approximate surface area is 143 Å². The molecular formula is C18H14N4O3. The molecular weight excluding hydrogens is 320 g/mol. The zero-order chi connectivity index (χ0) is 17.6. The van der Waals surface area contributed by atoms with Gasteiger partial charge in [-0.2, -0.15) is 0 Å². The predicted octanol–water partition coefficient (Wildman–Crippen LogP) is 2.62. The number of nitrogens with zero attached hydrogens (tertiary/aromatic N) is 2. The van der Waals surface area contributed by atoms with Gasteiger partial charge in [0.25, 0.3) is 5.91 Å². The van der Waals surface area contributed by atoms with Crippen LogP contribution in [0.2, 0.25) is 0 Å². The predicted molar refractivity (Wildman–Crippen MR) is 91.5 cm³/mol. The van der Waals surface area contributed by atoms with Gasteiger partial charge in [0.05, 0.1) is 0 Å². The van der Waals surface area contributed by atoms with Crippen LogP contribution in [0, 0.1) is 0 Å². The van der Waals surface area contributed by atoms with E-state index in [1.54, 1.807) is 67.0 Å². The highest BCUT2D eigenvalue weighted by molar-refractivity contribution is 6.04. The number of hydrogen-bond donors (Lipinski definition) is 2. The fourth-order valence-electron chi connectivity index (χ4n) is 2.04. The van der Waals surface area contributed by atoms with Crippen LogP contribution in [0.25, 0.3) is 0 Å². The average Bonchev–Trinajstić information content (AvgIpc) is 2.63. The first-order valence-electron chi connectivity index (χ1n) is 7.38. The van der Waals surface area contributed by atoms with E-state index in [1.807, 2.05) is 0 Å². The number of carbonyl (C=O) groups is 2. The zero-order valence-electron chi connectivity index (χ0n) is 13.0. The summed E-state index contributed by atoms with van der Waals surface area (Å²) in [6.45, 7) is 0. The summed E-state index contributed by atoms with van der Waals surface area (Å²) in [6.07, 6.45) is 3.15. The maximum absolute atomic E-state index is 12.2. The minimum atomic E-state index is -0.518. The van der Waals surface area contributed by atoms with Gasteiger partial charge >= 0.3 is 6.01 Å². The summed E-state index contributed by atoms with van der Waals surface area (Å²) in [5.41, 5.74) is 6.58. The van der Waals surface area contributed by atoms with Gasteiger partial charge in [-0.05, 0) is 54.6 Å². The van der Waals surface area contributed by atoms with Crippen LogP contribution in [-0.2, 0) is 0 Å². The van der Waals surface area contributed by atoms with Crippen molar-refractivity contribution in [2.24, 2.45) is 5.73 Å². The van der Waals surface area contributed by atoms with Gasteiger partial charge < -0.3 is 15.8 Å². The molecule has 124 valence electrons. The maximum Gasteiger partial charge on any atom is 0.321 e. The summed E-state index contributed by atoms with van der Waals surface area (Å²) in [5.74, 6) is -0.279. The number of ether oxygens (including phenoxy) is 1. The Morgan fingerprint density at radius 1 is 0.880 bits per heavy atom. The number of nitrogens with one attached hydrogen (secondary N) is 1. The first-order chi connectivity index (χ1) is 12.1. The molecule has 0 atom stereocenters. The first kappa shape index (κ1) is 16.1. The Morgan fingerprint density at radius 2 is 1.48 bits per heavy atom. The molecule has 3 aromatic rings. The molecule has 3 rings (SSSR count). The number of benzene rings is 2. The molecule has 0 bridgehead atoms. The monoisotopic (exact) mass is 334 g/mol. The van der Waals surface area contributed by atoms with Crippen molar-refractivity contribution in [3.8, 4) is 11.8 Å². The lowest BCUT2D eigenvalue weighted by Crippen LogP contribution is -2.13. The molecule has 1 heterocycles. The number of rotatable bonds is 5. The van der Waals surface area contributed by atoms with E-state index in [4.69, 9.17) is 10.5 Å². The van der Waals surface area contributed by atoms with Gasteiger partial charge in [-0.1, -0.05) is 0 Å². The van der Waals surface area contributed by atoms with E-state index in [2.05, 4.69) is 15.3 Å². The molecule has 25 heavy (non-hydrogen) atoms. The third kappa shape index (κ3) is 4.17. The molecule has 0 aliphatic rings. The number of nitrogens with two attached hydrogens (primary N) is 1. The minimum absolute atomic E-state index is 0.231. The molecule has 2 aromatic carbocycles. The third-order valence-electron chi connectivity index (χ3n) is 3.30. The van der Waals surface area contributed by atoms with Crippen LogP contribution in [0.1, 0.15) is 20.7 Å². The van der Waals surface area contributed by atoms with Gasteiger partial charge in [-0.25, -0.2) is 9.97 Å². The fraction of sp³-hybridized carbons (Fsp3) is 0. The highest BCUT2D eigenvalue weighted by Gasteiger charge is 2.08. The highest BCUT2D eigenvalue weighted by atomic mass is 16.5. The molecule has 0 fully saturated rings. The summed E-state index contributed by atoms with van der Waals surface area (Å²) >= 11 is 0. The van der Waals surface area contributed by atoms with Crippen molar-refractivity contribution < 1.29 is 14.3 Å². The molecule has 0 unspecified atom stereocenters. The van der Waals surface area contributed by atoms with Crippen LogP contribution in [0.4, 0.5) is 5.69 Å². The van der Waals surface area contributed by atoms with Crippen LogP contribution < -0.4 is 15.8 Å². The number of hydrogen-bond acceptors (Lipinski definition) is 5. The Balaban J connectivity index is 1.65. The lowest BCUT2D eigenvalue weighted by Gasteiger charge is -2.07. The molecule has 0 saturated heterocycles. The second-order valence-electron chi connectivity index (χ2n) is 5.05. The van der Waals surface area contributed by atoms with Crippen molar-refractivity contribution in [3.63, 3.8) is 0 Å². The van der Waals surface area contributed by atoms with Crippen molar-refractivity contribution in [1.29, 1.82) is 0 Å². The minimum Gasteiger partial charge on any atom is -0.424 e. The summed E-state index contributed by atoms with van der Waals surface area (Å²) in [4.78, 5) is 31.2. The van der Waals surface area contributed by atoms with E-state index in [0.29, 0.717) is 22.6 Å². The van der Waals surface area contributed by atoms with Gasteiger partial charge in [0, 0.05) is 29.2 Å². The van der Waals surface area contributed by atoms with E-state index in [-0.39, 0.29) is 11.9 Å². The van der Waals surface area contributed by atoms with Gasteiger partial charge in [-0.3, -0.25) is 9.59 Å². The van der Waals surface area contributed by atoms with Crippen molar-refractivity contribution in [3.05, 3.63) is 78.1 Å². The van der Waals surface area contributed by atoms with Crippen LogP contribution in [0.5, 0.6) is 11.8 Å². The second-order valence-corrected chi connectivity index (χ2v) is 5.05. The van der Waals surface area contributed by atoms with Crippen molar-refractivity contribution >= 4 is 17.5 Å². The average molecular weight is 334 g/mol. The lowest BCUT2D eigenvalue weighted by atomic mass is 10.1. The number of carbonyl (C=O) groups excluding carboxylic acids is 2. The number of anilines is 1. The van der Waals surface area contributed by atoms with E-state index in [1.165, 1.54) is 0 Å². The molecule has 7 nitrogen and oxygen atoms in total. The molecule has 0 radical (unpaired) electrons.